The molecule has 1 aromatic heterocycles. The molecule has 0 spiro atoms. The standard InChI is InChI=1S/C6H9ClN2S2/c1-4(3-7)10-6-9-8-5(2)11-6/h4H,3H2,1-2H3. The molecule has 0 radical (unpaired) electrons. The number of hydrogen-bond donors (Lipinski definition) is 0. The van der Waals surface area contributed by atoms with Gasteiger partial charge in [0, 0.05) is 11.1 Å². The maximum Gasteiger partial charge on any atom is 0.174 e. The van der Waals surface area contributed by atoms with Crippen molar-refractivity contribution in [3.63, 3.8) is 0 Å². The van der Waals surface area contributed by atoms with Gasteiger partial charge in [0.15, 0.2) is 4.34 Å². The number of rotatable bonds is 3. The van der Waals surface area contributed by atoms with Crippen LogP contribution in [0.25, 0.3) is 0 Å². The van der Waals surface area contributed by atoms with Crippen LogP contribution in [0.2, 0.25) is 0 Å². The average molecular weight is 209 g/mol. The topological polar surface area (TPSA) is 25.8 Å². The Balaban J connectivity index is 2.50. The summed E-state index contributed by atoms with van der Waals surface area (Å²) in [4.78, 5) is 0. The third-order valence-corrected chi connectivity index (χ3v) is 3.70. The Morgan fingerprint density at radius 1 is 1.64 bits per heavy atom. The van der Waals surface area contributed by atoms with Crippen molar-refractivity contribution in [1.82, 2.24) is 10.2 Å². The molecule has 1 rings (SSSR count). The molecule has 2 nitrogen and oxygen atoms in total. The lowest BCUT2D eigenvalue weighted by Gasteiger charge is -2.00. The van der Waals surface area contributed by atoms with Crippen LogP contribution in [0.3, 0.4) is 0 Å². The fraction of sp³-hybridized carbons (Fsp3) is 0.667. The maximum atomic E-state index is 5.64. The van der Waals surface area contributed by atoms with E-state index in [1.54, 1.807) is 23.1 Å². The van der Waals surface area contributed by atoms with Crippen molar-refractivity contribution >= 4 is 34.7 Å². The smallest absolute Gasteiger partial charge is 0.143 e. The van der Waals surface area contributed by atoms with E-state index in [-0.39, 0.29) is 0 Å². The molecule has 0 fully saturated rings. The van der Waals surface area contributed by atoms with Gasteiger partial charge in [0.25, 0.3) is 0 Å². The van der Waals surface area contributed by atoms with Crippen LogP contribution in [-0.2, 0) is 0 Å². The van der Waals surface area contributed by atoms with E-state index < -0.39 is 0 Å². The van der Waals surface area contributed by atoms with Crippen LogP contribution < -0.4 is 0 Å². The van der Waals surface area contributed by atoms with Crippen LogP contribution in [0.5, 0.6) is 0 Å². The molecule has 0 aliphatic carbocycles. The summed E-state index contributed by atoms with van der Waals surface area (Å²) in [6, 6.07) is 0. The quantitative estimate of drug-likeness (QED) is 0.564. The predicted octanol–water partition coefficient (Wildman–Crippen LogP) is 2.57. The van der Waals surface area contributed by atoms with E-state index in [4.69, 9.17) is 11.6 Å². The zero-order valence-corrected chi connectivity index (χ0v) is 8.76. The van der Waals surface area contributed by atoms with Gasteiger partial charge in [0.05, 0.1) is 0 Å². The van der Waals surface area contributed by atoms with Gasteiger partial charge < -0.3 is 0 Å². The Bertz CT molecular complexity index is 226. The molecule has 0 bridgehead atoms. The van der Waals surface area contributed by atoms with Crippen molar-refractivity contribution in [2.45, 2.75) is 23.4 Å². The monoisotopic (exact) mass is 208 g/mol. The summed E-state index contributed by atoms with van der Waals surface area (Å²) in [6.07, 6.45) is 0. The number of nitrogens with zero attached hydrogens (tertiary/aromatic N) is 2. The fourth-order valence-corrected chi connectivity index (χ4v) is 2.68. The van der Waals surface area contributed by atoms with E-state index in [0.29, 0.717) is 11.1 Å². The minimum absolute atomic E-state index is 0.420. The molecule has 0 amide bonds. The largest absolute Gasteiger partial charge is 0.174 e. The molecule has 0 saturated carbocycles. The van der Waals surface area contributed by atoms with Crippen molar-refractivity contribution in [3.8, 4) is 0 Å². The number of thioether (sulfide) groups is 1. The molecule has 0 N–H and O–H groups in total. The maximum absolute atomic E-state index is 5.64. The van der Waals surface area contributed by atoms with Gasteiger partial charge >= 0.3 is 0 Å². The van der Waals surface area contributed by atoms with Crippen molar-refractivity contribution < 1.29 is 0 Å². The lowest BCUT2D eigenvalue weighted by Crippen LogP contribution is -1.95. The molecule has 0 saturated heterocycles. The lowest BCUT2D eigenvalue weighted by atomic mass is 10.6. The van der Waals surface area contributed by atoms with Crippen LogP contribution in [0.4, 0.5) is 0 Å². The van der Waals surface area contributed by atoms with E-state index in [2.05, 4.69) is 17.1 Å². The van der Waals surface area contributed by atoms with E-state index in [1.807, 2.05) is 6.92 Å². The van der Waals surface area contributed by atoms with Gasteiger partial charge in [0.1, 0.15) is 5.01 Å². The van der Waals surface area contributed by atoms with Gasteiger partial charge in [-0.15, -0.1) is 21.8 Å². The number of alkyl halides is 1. The summed E-state index contributed by atoms with van der Waals surface area (Å²) >= 11 is 8.94. The first-order chi connectivity index (χ1) is 5.22. The van der Waals surface area contributed by atoms with Crippen molar-refractivity contribution in [1.29, 1.82) is 0 Å². The second kappa shape index (κ2) is 4.28. The van der Waals surface area contributed by atoms with Gasteiger partial charge in [-0.3, -0.25) is 0 Å². The van der Waals surface area contributed by atoms with Crippen LogP contribution in [0.15, 0.2) is 4.34 Å². The summed E-state index contributed by atoms with van der Waals surface area (Å²) in [5.74, 6) is 0.656. The molecular weight excluding hydrogens is 200 g/mol. The van der Waals surface area contributed by atoms with E-state index in [9.17, 15) is 0 Å². The molecule has 62 valence electrons. The van der Waals surface area contributed by atoms with Crippen molar-refractivity contribution in [2.75, 3.05) is 5.88 Å². The molecule has 11 heavy (non-hydrogen) atoms. The van der Waals surface area contributed by atoms with Gasteiger partial charge in [-0.25, -0.2) is 0 Å². The number of aromatic nitrogens is 2. The Kier molecular flexibility index (Phi) is 3.62. The van der Waals surface area contributed by atoms with Gasteiger partial charge in [-0.2, -0.15) is 0 Å². The highest BCUT2D eigenvalue weighted by molar-refractivity contribution is 8.01. The number of aryl methyl sites for hydroxylation is 1. The van der Waals surface area contributed by atoms with Crippen molar-refractivity contribution in [2.24, 2.45) is 0 Å². The van der Waals surface area contributed by atoms with Crippen molar-refractivity contribution in [3.05, 3.63) is 5.01 Å². The molecule has 0 aromatic carbocycles. The van der Waals surface area contributed by atoms with Gasteiger partial charge in [-0.05, 0) is 6.92 Å². The van der Waals surface area contributed by atoms with Crippen LogP contribution in [0, 0.1) is 6.92 Å². The zero-order valence-electron chi connectivity index (χ0n) is 6.37. The number of halogens is 1. The first-order valence-electron chi connectivity index (χ1n) is 3.25. The van der Waals surface area contributed by atoms with E-state index in [0.717, 1.165) is 9.35 Å². The first-order valence-corrected chi connectivity index (χ1v) is 5.48. The summed E-state index contributed by atoms with van der Waals surface area (Å²) in [6.45, 7) is 4.03. The normalized spacial score (nSPS) is 13.4. The molecule has 1 unspecified atom stereocenters. The van der Waals surface area contributed by atoms with E-state index >= 15 is 0 Å². The highest BCUT2D eigenvalue weighted by Crippen LogP contribution is 2.26. The molecule has 5 heteroatoms. The SMILES string of the molecule is Cc1nnc(SC(C)CCl)s1. The Labute approximate surface area is 79.4 Å². The van der Waals surface area contributed by atoms with Crippen LogP contribution in [0.1, 0.15) is 11.9 Å². The molecule has 0 aliphatic rings. The summed E-state index contributed by atoms with van der Waals surface area (Å²) in [5.41, 5.74) is 0. The van der Waals surface area contributed by atoms with Gasteiger partial charge in [0.2, 0.25) is 0 Å². The fourth-order valence-electron chi connectivity index (χ4n) is 0.530. The zero-order chi connectivity index (χ0) is 8.27. The Morgan fingerprint density at radius 3 is 2.82 bits per heavy atom. The van der Waals surface area contributed by atoms with Crippen LogP contribution >= 0.6 is 34.7 Å². The molecule has 1 heterocycles. The third kappa shape index (κ3) is 2.97. The molecule has 1 atom stereocenters. The Hall–Kier alpha value is 0.200. The highest BCUT2D eigenvalue weighted by Gasteiger charge is 2.06. The highest BCUT2D eigenvalue weighted by atomic mass is 35.5. The minimum atomic E-state index is 0.420. The second-order valence-electron chi connectivity index (χ2n) is 2.17. The van der Waals surface area contributed by atoms with Crippen LogP contribution in [-0.4, -0.2) is 21.3 Å². The second-order valence-corrected chi connectivity index (χ2v) is 5.35. The molecule has 1 aromatic rings. The third-order valence-electron chi connectivity index (χ3n) is 1.03. The molecular formula is C6H9ClN2S2. The lowest BCUT2D eigenvalue weighted by molar-refractivity contribution is 0.978. The molecule has 0 aliphatic heterocycles. The summed E-state index contributed by atoms with van der Waals surface area (Å²) in [5, 5.41) is 9.31. The minimum Gasteiger partial charge on any atom is -0.143 e. The number of hydrogen-bond acceptors (Lipinski definition) is 4. The van der Waals surface area contributed by atoms with Gasteiger partial charge in [-0.1, -0.05) is 30.0 Å². The predicted molar refractivity (Wildman–Crippen MR) is 50.7 cm³/mol. The average Bonchev–Trinajstić information content (AvgIpc) is 2.35. The summed E-state index contributed by atoms with van der Waals surface area (Å²) in [7, 11) is 0. The van der Waals surface area contributed by atoms with E-state index in [1.165, 1.54) is 0 Å². The summed E-state index contributed by atoms with van der Waals surface area (Å²) < 4.78 is 1.01. The Morgan fingerprint density at radius 2 is 2.36 bits per heavy atom. The first kappa shape index (κ1) is 9.29.